The van der Waals surface area contributed by atoms with Crippen molar-refractivity contribution in [2.24, 2.45) is 17.3 Å². The van der Waals surface area contributed by atoms with Gasteiger partial charge in [0, 0.05) is 5.92 Å². The predicted molar refractivity (Wildman–Crippen MR) is 69.4 cm³/mol. The second-order valence-electron chi connectivity index (χ2n) is 5.96. The van der Waals surface area contributed by atoms with E-state index >= 15 is 0 Å². The van der Waals surface area contributed by atoms with Crippen molar-refractivity contribution in [3.8, 4) is 0 Å². The minimum Gasteiger partial charge on any atom is -0.294 e. The highest BCUT2D eigenvalue weighted by atomic mass is 16.1. The van der Waals surface area contributed by atoms with Crippen molar-refractivity contribution in [3.63, 3.8) is 0 Å². The molecular formula is C16H18O. The number of rotatable bonds is 1. The van der Waals surface area contributed by atoms with Crippen molar-refractivity contribution in [3.05, 3.63) is 41.5 Å². The van der Waals surface area contributed by atoms with Crippen molar-refractivity contribution in [2.75, 3.05) is 0 Å². The van der Waals surface area contributed by atoms with Crippen molar-refractivity contribution < 1.29 is 4.79 Å². The number of ketones is 1. The third kappa shape index (κ3) is 1.56. The number of fused-ring (bicyclic) bond motifs is 2. The first-order valence-electron chi connectivity index (χ1n) is 6.39. The van der Waals surface area contributed by atoms with Crippen LogP contribution in [0.25, 0.3) is 6.08 Å². The molecule has 3 aliphatic carbocycles. The first kappa shape index (κ1) is 10.8. The molecule has 88 valence electrons. The summed E-state index contributed by atoms with van der Waals surface area (Å²) < 4.78 is 0. The topological polar surface area (TPSA) is 17.1 Å². The van der Waals surface area contributed by atoms with E-state index in [1.807, 2.05) is 18.2 Å². The molecule has 4 rings (SSSR count). The maximum Gasteiger partial charge on any atom is 0.162 e. The summed E-state index contributed by atoms with van der Waals surface area (Å²) in [6, 6.07) is 10.2. The fraction of sp³-hybridized carbons (Fsp3) is 0.438. The predicted octanol–water partition coefficient (Wildman–Crippen LogP) is 3.71. The summed E-state index contributed by atoms with van der Waals surface area (Å²) in [5, 5.41) is 0. The Labute approximate surface area is 103 Å². The molecule has 0 saturated heterocycles. The summed E-state index contributed by atoms with van der Waals surface area (Å²) in [5.74, 6) is 1.37. The maximum absolute atomic E-state index is 12.3. The zero-order chi connectivity index (χ0) is 12.0. The largest absolute Gasteiger partial charge is 0.294 e. The van der Waals surface area contributed by atoms with E-state index in [1.54, 1.807) is 0 Å². The van der Waals surface area contributed by atoms with Crippen LogP contribution >= 0.6 is 0 Å². The summed E-state index contributed by atoms with van der Waals surface area (Å²) >= 11 is 0. The van der Waals surface area contributed by atoms with Crippen molar-refractivity contribution in [1.29, 1.82) is 0 Å². The van der Waals surface area contributed by atoms with Gasteiger partial charge in [0.25, 0.3) is 0 Å². The van der Waals surface area contributed by atoms with Gasteiger partial charge >= 0.3 is 0 Å². The molecule has 0 aromatic heterocycles. The van der Waals surface area contributed by atoms with Crippen LogP contribution in [-0.4, -0.2) is 5.78 Å². The lowest BCUT2D eigenvalue weighted by molar-refractivity contribution is -0.140. The molecule has 0 N–H and O–H groups in total. The van der Waals surface area contributed by atoms with Gasteiger partial charge in [-0.15, -0.1) is 0 Å². The number of allylic oxidation sites excluding steroid dienone is 1. The van der Waals surface area contributed by atoms with Crippen molar-refractivity contribution >= 4 is 11.9 Å². The summed E-state index contributed by atoms with van der Waals surface area (Å²) in [6.07, 6.45) is 4.16. The first-order valence-corrected chi connectivity index (χ1v) is 6.39. The molecule has 1 aromatic rings. The molecule has 3 saturated carbocycles. The van der Waals surface area contributed by atoms with E-state index in [1.165, 1.54) is 0 Å². The van der Waals surface area contributed by atoms with Crippen molar-refractivity contribution in [1.82, 2.24) is 0 Å². The molecule has 0 amide bonds. The average Bonchev–Trinajstić information content (AvgIpc) is 2.32. The van der Waals surface area contributed by atoms with Gasteiger partial charge in [0.05, 0.1) is 0 Å². The summed E-state index contributed by atoms with van der Waals surface area (Å²) in [7, 11) is 0. The molecule has 1 aromatic carbocycles. The number of carbonyl (C=O) groups is 1. The van der Waals surface area contributed by atoms with Gasteiger partial charge in [-0.3, -0.25) is 4.79 Å². The molecule has 3 fully saturated rings. The Bertz CT molecular complexity index is 482. The molecule has 2 atom stereocenters. The smallest absolute Gasteiger partial charge is 0.162 e. The summed E-state index contributed by atoms with van der Waals surface area (Å²) in [5.41, 5.74) is 2.43. The molecule has 0 aliphatic heterocycles. The van der Waals surface area contributed by atoms with E-state index in [9.17, 15) is 4.79 Å². The second-order valence-corrected chi connectivity index (χ2v) is 5.96. The van der Waals surface area contributed by atoms with Gasteiger partial charge in [-0.05, 0) is 41.4 Å². The third-order valence-corrected chi connectivity index (χ3v) is 4.71. The highest BCUT2D eigenvalue weighted by Crippen LogP contribution is 2.59. The number of benzene rings is 1. The van der Waals surface area contributed by atoms with Crippen LogP contribution in [0, 0.1) is 17.3 Å². The molecule has 0 unspecified atom stereocenters. The van der Waals surface area contributed by atoms with E-state index in [2.05, 4.69) is 32.1 Å². The van der Waals surface area contributed by atoms with Crippen LogP contribution < -0.4 is 0 Å². The lowest BCUT2D eigenvalue weighted by atomic mass is 9.47. The van der Waals surface area contributed by atoms with Gasteiger partial charge in [-0.1, -0.05) is 44.2 Å². The zero-order valence-electron chi connectivity index (χ0n) is 10.4. The molecule has 2 bridgehead atoms. The Kier molecular flexibility index (Phi) is 2.25. The summed E-state index contributed by atoms with van der Waals surface area (Å²) in [4.78, 5) is 12.3. The molecule has 0 spiro atoms. The Morgan fingerprint density at radius 3 is 2.53 bits per heavy atom. The van der Waals surface area contributed by atoms with Gasteiger partial charge in [0.1, 0.15) is 0 Å². The minimum absolute atomic E-state index is 0.241. The second kappa shape index (κ2) is 3.56. The van der Waals surface area contributed by atoms with Crippen LogP contribution in [0.4, 0.5) is 0 Å². The van der Waals surface area contributed by atoms with Gasteiger partial charge in [-0.25, -0.2) is 0 Å². The Morgan fingerprint density at radius 2 is 1.94 bits per heavy atom. The van der Waals surface area contributed by atoms with Crippen LogP contribution in [0.15, 0.2) is 35.9 Å². The van der Waals surface area contributed by atoms with Gasteiger partial charge in [-0.2, -0.15) is 0 Å². The highest BCUT2D eigenvalue weighted by Gasteiger charge is 2.55. The molecule has 0 radical (unpaired) electrons. The minimum atomic E-state index is 0.241. The zero-order valence-corrected chi connectivity index (χ0v) is 10.4. The van der Waals surface area contributed by atoms with Gasteiger partial charge < -0.3 is 0 Å². The Hall–Kier alpha value is -1.37. The summed E-state index contributed by atoms with van der Waals surface area (Å²) in [6.45, 7) is 4.48. The standard InChI is InChI=1S/C16H18O/c1-16(2)13-9-12(15(17)14(16)10-13)8-11-6-4-3-5-7-11/h3-8,13-14H,9-10H2,1-2H3/b12-8-/t13-,14-/m1/s1. The molecule has 1 heteroatoms. The van der Waals surface area contributed by atoms with Crippen molar-refractivity contribution in [2.45, 2.75) is 26.7 Å². The van der Waals surface area contributed by atoms with E-state index in [4.69, 9.17) is 0 Å². The monoisotopic (exact) mass is 226 g/mol. The quantitative estimate of drug-likeness (QED) is 0.667. The van der Waals surface area contributed by atoms with E-state index in [0.717, 1.165) is 24.0 Å². The van der Waals surface area contributed by atoms with Crippen LogP contribution in [0.2, 0.25) is 0 Å². The molecular weight excluding hydrogens is 208 g/mol. The normalized spacial score (nSPS) is 32.4. The van der Waals surface area contributed by atoms with Gasteiger partial charge in [0.15, 0.2) is 5.78 Å². The molecule has 17 heavy (non-hydrogen) atoms. The van der Waals surface area contributed by atoms with Crippen LogP contribution in [0.1, 0.15) is 32.3 Å². The van der Waals surface area contributed by atoms with E-state index < -0.39 is 0 Å². The third-order valence-electron chi connectivity index (χ3n) is 4.71. The van der Waals surface area contributed by atoms with Gasteiger partial charge in [0.2, 0.25) is 0 Å². The number of carbonyl (C=O) groups excluding carboxylic acids is 1. The van der Waals surface area contributed by atoms with E-state index in [-0.39, 0.29) is 11.3 Å². The van der Waals surface area contributed by atoms with Crippen LogP contribution in [0.5, 0.6) is 0 Å². The Morgan fingerprint density at radius 1 is 1.24 bits per heavy atom. The first-order chi connectivity index (χ1) is 8.09. The molecule has 1 nitrogen and oxygen atoms in total. The highest BCUT2D eigenvalue weighted by molar-refractivity contribution is 6.03. The number of hydrogen-bond acceptors (Lipinski definition) is 1. The molecule has 0 heterocycles. The fourth-order valence-electron chi connectivity index (χ4n) is 3.28. The Balaban J connectivity index is 1.89. The fourth-order valence-corrected chi connectivity index (χ4v) is 3.28. The lowest BCUT2D eigenvalue weighted by Crippen LogP contribution is -2.53. The van der Waals surface area contributed by atoms with E-state index in [0.29, 0.717) is 11.7 Å². The number of Topliss-reactive ketones (excluding diaryl/α,β-unsaturated/α-hetero) is 1. The average molecular weight is 226 g/mol. The SMILES string of the molecule is CC1(C)[C@@H]2C/C(=C/c3ccccc3)C(=O)[C@H]1C2. The van der Waals surface area contributed by atoms with Crippen LogP contribution in [0.3, 0.4) is 0 Å². The lowest BCUT2D eigenvalue weighted by Gasteiger charge is -2.56. The maximum atomic E-state index is 12.3. The number of hydrogen-bond donors (Lipinski definition) is 0. The molecule has 3 aliphatic rings. The van der Waals surface area contributed by atoms with Crippen LogP contribution in [-0.2, 0) is 4.79 Å².